The highest BCUT2D eigenvalue weighted by molar-refractivity contribution is 5.79. The monoisotopic (exact) mass is 396 g/mol. The van der Waals surface area contributed by atoms with Crippen molar-refractivity contribution in [1.29, 1.82) is 0 Å². The molecule has 1 atom stereocenters. The van der Waals surface area contributed by atoms with Gasteiger partial charge in [-0.25, -0.2) is 4.79 Å². The lowest BCUT2D eigenvalue weighted by molar-refractivity contribution is -0.152. The molecule has 0 N–H and O–H groups in total. The van der Waals surface area contributed by atoms with Crippen LogP contribution in [-0.2, 0) is 9.53 Å². The lowest BCUT2D eigenvalue weighted by Crippen LogP contribution is -2.28. The van der Waals surface area contributed by atoms with E-state index in [-0.39, 0.29) is 11.2 Å². The van der Waals surface area contributed by atoms with Gasteiger partial charge >= 0.3 is 5.97 Å². The van der Waals surface area contributed by atoms with Crippen LogP contribution >= 0.6 is 0 Å². The minimum absolute atomic E-state index is 0.103. The number of aryl methyl sites for hydroxylation is 1. The van der Waals surface area contributed by atoms with Gasteiger partial charge in [-0.15, -0.1) is 0 Å². The van der Waals surface area contributed by atoms with E-state index in [0.717, 1.165) is 12.0 Å². The summed E-state index contributed by atoms with van der Waals surface area (Å²) in [5, 5.41) is 0.365. The Bertz CT molecular complexity index is 1050. The minimum atomic E-state index is -0.713. The van der Waals surface area contributed by atoms with Crippen molar-refractivity contribution < 1.29 is 23.4 Å². The summed E-state index contributed by atoms with van der Waals surface area (Å²) in [7, 11) is 0. The smallest absolute Gasteiger partial charge is 0.347 e. The molecule has 0 aliphatic heterocycles. The largest absolute Gasteiger partial charge is 0.479 e. The van der Waals surface area contributed by atoms with Gasteiger partial charge in [-0.2, -0.15) is 0 Å². The summed E-state index contributed by atoms with van der Waals surface area (Å²) in [6, 6.07) is 12.2. The number of rotatable bonds is 8. The normalized spacial score (nSPS) is 11.8. The predicted octanol–water partition coefficient (Wildman–Crippen LogP) is 5.00. The molecule has 3 rings (SSSR count). The summed E-state index contributed by atoms with van der Waals surface area (Å²) in [5.41, 5.74) is 1.09. The van der Waals surface area contributed by atoms with Crippen LogP contribution in [0.2, 0.25) is 0 Å². The first kappa shape index (κ1) is 20.5. The van der Waals surface area contributed by atoms with E-state index < -0.39 is 12.1 Å². The Morgan fingerprint density at radius 2 is 1.93 bits per heavy atom. The van der Waals surface area contributed by atoms with Crippen LogP contribution in [0.1, 0.15) is 32.3 Å². The van der Waals surface area contributed by atoms with E-state index in [1.54, 1.807) is 24.3 Å². The maximum Gasteiger partial charge on any atom is 0.347 e. The van der Waals surface area contributed by atoms with E-state index in [9.17, 15) is 9.59 Å². The molecular weight excluding hydrogens is 372 g/mol. The molecule has 6 nitrogen and oxygen atoms in total. The van der Waals surface area contributed by atoms with Crippen molar-refractivity contribution in [2.75, 3.05) is 6.61 Å². The summed E-state index contributed by atoms with van der Waals surface area (Å²) in [4.78, 5) is 24.8. The summed E-state index contributed by atoms with van der Waals surface area (Å²) in [5.74, 6) is 0.686. The van der Waals surface area contributed by atoms with E-state index in [1.165, 1.54) is 6.26 Å². The quantitative estimate of drug-likeness (QED) is 0.499. The zero-order valence-corrected chi connectivity index (χ0v) is 16.8. The molecule has 29 heavy (non-hydrogen) atoms. The molecule has 0 fully saturated rings. The van der Waals surface area contributed by atoms with Gasteiger partial charge in [0.1, 0.15) is 23.3 Å². The van der Waals surface area contributed by atoms with E-state index in [1.807, 2.05) is 39.0 Å². The second kappa shape index (κ2) is 9.28. The van der Waals surface area contributed by atoms with E-state index in [4.69, 9.17) is 18.6 Å². The Morgan fingerprint density at radius 3 is 2.66 bits per heavy atom. The molecular formula is C23H24O6. The highest BCUT2D eigenvalue weighted by Crippen LogP contribution is 2.25. The van der Waals surface area contributed by atoms with Crippen molar-refractivity contribution in [3.63, 3.8) is 0 Å². The fourth-order valence-corrected chi connectivity index (χ4v) is 2.80. The molecule has 1 aromatic heterocycles. The maximum absolute atomic E-state index is 12.7. The summed E-state index contributed by atoms with van der Waals surface area (Å²) in [6.07, 6.45) is 1.78. The highest BCUT2D eigenvalue weighted by Gasteiger charge is 2.20. The number of hydrogen-bond donors (Lipinski definition) is 0. The Morgan fingerprint density at radius 1 is 1.10 bits per heavy atom. The molecule has 0 amide bonds. The number of hydrogen-bond acceptors (Lipinski definition) is 6. The lowest BCUT2D eigenvalue weighted by atomic mass is 10.2. The zero-order chi connectivity index (χ0) is 20.8. The van der Waals surface area contributed by atoms with Crippen molar-refractivity contribution in [2.45, 2.75) is 39.7 Å². The van der Waals surface area contributed by atoms with Crippen LogP contribution in [0.3, 0.4) is 0 Å². The first-order valence-electron chi connectivity index (χ1n) is 9.65. The lowest BCUT2D eigenvalue weighted by Gasteiger charge is -2.16. The average molecular weight is 396 g/mol. The van der Waals surface area contributed by atoms with Gasteiger partial charge < -0.3 is 18.6 Å². The first-order chi connectivity index (χ1) is 14.0. The molecule has 0 aliphatic rings. The van der Waals surface area contributed by atoms with Crippen LogP contribution in [0.5, 0.6) is 17.2 Å². The van der Waals surface area contributed by atoms with Gasteiger partial charge in [0.05, 0.1) is 12.0 Å². The van der Waals surface area contributed by atoms with Crippen LogP contribution in [0, 0.1) is 6.92 Å². The van der Waals surface area contributed by atoms with Crippen LogP contribution in [0.15, 0.2) is 57.9 Å². The number of esters is 1. The van der Waals surface area contributed by atoms with Gasteiger partial charge in [0.15, 0.2) is 6.10 Å². The number of ether oxygens (including phenoxy) is 3. The number of carbonyl (C=O) groups excluding carboxylic acids is 1. The van der Waals surface area contributed by atoms with Crippen molar-refractivity contribution in [3.8, 4) is 17.2 Å². The van der Waals surface area contributed by atoms with Crippen molar-refractivity contribution in [3.05, 3.63) is 64.5 Å². The van der Waals surface area contributed by atoms with E-state index in [2.05, 4.69) is 0 Å². The van der Waals surface area contributed by atoms with Gasteiger partial charge in [-0.05, 0) is 49.6 Å². The summed E-state index contributed by atoms with van der Waals surface area (Å²) < 4.78 is 22.2. The number of fused-ring (bicyclic) bond motifs is 1. The second-order valence-corrected chi connectivity index (χ2v) is 6.69. The molecule has 1 heterocycles. The van der Waals surface area contributed by atoms with Crippen LogP contribution in [0.25, 0.3) is 11.0 Å². The Labute approximate surface area is 169 Å². The van der Waals surface area contributed by atoms with Crippen LogP contribution in [0.4, 0.5) is 0 Å². The fourth-order valence-electron chi connectivity index (χ4n) is 2.80. The molecule has 0 aliphatic carbocycles. The molecule has 0 saturated heterocycles. The fraction of sp³-hybridized carbons (Fsp3) is 0.304. The molecule has 0 radical (unpaired) electrons. The maximum atomic E-state index is 12.7. The second-order valence-electron chi connectivity index (χ2n) is 6.69. The van der Waals surface area contributed by atoms with Gasteiger partial charge in [-0.1, -0.05) is 26.0 Å². The summed E-state index contributed by atoms with van der Waals surface area (Å²) >= 11 is 0. The molecule has 3 aromatic rings. The minimum Gasteiger partial charge on any atom is -0.479 e. The zero-order valence-electron chi connectivity index (χ0n) is 16.8. The molecule has 0 spiro atoms. The molecule has 6 heteroatoms. The third-order valence-electron chi connectivity index (χ3n) is 4.29. The topological polar surface area (TPSA) is 75.0 Å². The molecule has 1 unspecified atom stereocenters. The van der Waals surface area contributed by atoms with Crippen molar-refractivity contribution in [2.24, 2.45) is 0 Å². The van der Waals surface area contributed by atoms with E-state index in [0.29, 0.717) is 35.5 Å². The Kier molecular flexibility index (Phi) is 6.54. The van der Waals surface area contributed by atoms with Gasteiger partial charge in [0.2, 0.25) is 11.2 Å². The van der Waals surface area contributed by atoms with Crippen LogP contribution < -0.4 is 14.9 Å². The van der Waals surface area contributed by atoms with Gasteiger partial charge in [0.25, 0.3) is 0 Å². The molecule has 0 bridgehead atoms. The van der Waals surface area contributed by atoms with E-state index >= 15 is 0 Å². The number of benzene rings is 2. The Hall–Kier alpha value is -3.28. The van der Waals surface area contributed by atoms with Crippen molar-refractivity contribution in [1.82, 2.24) is 0 Å². The standard InChI is InChI=1S/C23H24O6/c1-4-11-26-23(25)19(5-2)28-17-9-10-18-20(13-17)27-14-21(22(18)24)29-16-8-6-7-15(3)12-16/h6-10,12-14,19H,4-5,11H2,1-3H3. The summed E-state index contributed by atoms with van der Waals surface area (Å²) in [6.45, 7) is 6.07. The average Bonchev–Trinajstić information content (AvgIpc) is 2.72. The molecule has 0 saturated carbocycles. The highest BCUT2D eigenvalue weighted by atomic mass is 16.6. The Balaban J connectivity index is 1.82. The van der Waals surface area contributed by atoms with Gasteiger partial charge in [-0.3, -0.25) is 4.79 Å². The van der Waals surface area contributed by atoms with Crippen LogP contribution in [-0.4, -0.2) is 18.7 Å². The first-order valence-corrected chi connectivity index (χ1v) is 9.65. The van der Waals surface area contributed by atoms with Gasteiger partial charge in [0, 0.05) is 6.07 Å². The molecule has 152 valence electrons. The predicted molar refractivity (Wildman–Crippen MR) is 110 cm³/mol. The third kappa shape index (κ3) is 4.96. The van der Waals surface area contributed by atoms with Crippen molar-refractivity contribution >= 4 is 16.9 Å². The SMILES string of the molecule is CCCOC(=O)C(CC)Oc1ccc2c(=O)c(Oc3cccc(C)c3)coc2c1. The molecule has 2 aromatic carbocycles. The third-order valence-corrected chi connectivity index (χ3v) is 4.29. The number of carbonyl (C=O) groups is 1.